The van der Waals surface area contributed by atoms with Crippen molar-refractivity contribution >= 4 is 37.3 Å². The second-order valence-electron chi connectivity index (χ2n) is 19.4. The third-order valence-electron chi connectivity index (χ3n) is 12.6. The minimum atomic E-state index is -2.00. The largest absolute Gasteiger partial charge is 0.497 e. The number of thioether (sulfide) groups is 1. The van der Waals surface area contributed by atoms with E-state index in [2.05, 4.69) is 16.9 Å². The van der Waals surface area contributed by atoms with Gasteiger partial charge in [0.1, 0.15) is 48.3 Å². The molecular formula is C58H72FN4O12PS. The Bertz CT molecular complexity index is 2660. The smallest absolute Gasteiger partial charge is 0.407 e. The highest BCUT2D eigenvalue weighted by molar-refractivity contribution is 8.13. The van der Waals surface area contributed by atoms with Crippen molar-refractivity contribution in [3.05, 3.63) is 167 Å². The van der Waals surface area contributed by atoms with Crippen molar-refractivity contribution < 1.29 is 56.2 Å². The van der Waals surface area contributed by atoms with Crippen LogP contribution < -0.4 is 25.2 Å². The number of hydrogen-bond donors (Lipinski definition) is 1. The number of rotatable bonds is 30. The summed E-state index contributed by atoms with van der Waals surface area (Å²) in [5, 5.41) is 2.55. The molecular weight excluding hydrogens is 1030 g/mol. The topological polar surface area (TPSA) is 175 Å². The lowest BCUT2D eigenvalue weighted by Gasteiger charge is -2.39. The molecule has 1 fully saturated rings. The Morgan fingerprint density at radius 3 is 2.03 bits per heavy atom. The average Bonchev–Trinajstić information content (AvgIpc) is 3.86. The van der Waals surface area contributed by atoms with E-state index in [1.165, 1.54) is 30.1 Å². The summed E-state index contributed by atoms with van der Waals surface area (Å²) in [6.45, 7) is 15.0. The van der Waals surface area contributed by atoms with E-state index in [0.29, 0.717) is 35.8 Å². The maximum absolute atomic E-state index is 17.8. The molecule has 77 heavy (non-hydrogen) atoms. The van der Waals surface area contributed by atoms with Crippen LogP contribution in [-0.2, 0) is 44.9 Å². The van der Waals surface area contributed by atoms with E-state index in [0.717, 1.165) is 21.3 Å². The van der Waals surface area contributed by atoms with E-state index in [9.17, 15) is 19.2 Å². The van der Waals surface area contributed by atoms with E-state index in [1.54, 1.807) is 52.3 Å². The number of benzene rings is 4. The molecule has 0 radical (unpaired) electrons. The molecule has 1 N–H and O–H groups in total. The summed E-state index contributed by atoms with van der Waals surface area (Å²) in [6.07, 6.45) is -2.79. The highest BCUT2D eigenvalue weighted by atomic mass is 32.2. The number of para-hydroxylation sites is 1. The van der Waals surface area contributed by atoms with Crippen LogP contribution in [0, 0.1) is 5.41 Å². The Kier molecular flexibility index (Phi) is 22.8. The van der Waals surface area contributed by atoms with Gasteiger partial charge in [0.2, 0.25) is 0 Å². The van der Waals surface area contributed by atoms with Gasteiger partial charge in [0.15, 0.2) is 23.3 Å². The number of alkyl carbamates (subject to hydrolysis) is 1. The number of amides is 1. The molecule has 1 saturated heterocycles. The maximum atomic E-state index is 17.8. The first kappa shape index (κ1) is 60.3. The summed E-state index contributed by atoms with van der Waals surface area (Å²) in [6, 6.07) is 34.9. The number of methoxy groups -OCH3 is 2. The molecule has 5 atom stereocenters. The fraction of sp³-hybridized carbons (Fsp3) is 0.431. The van der Waals surface area contributed by atoms with Crippen molar-refractivity contribution in [3.8, 4) is 17.2 Å². The summed E-state index contributed by atoms with van der Waals surface area (Å²) < 4.78 is 70.1. The zero-order chi connectivity index (χ0) is 55.5. The van der Waals surface area contributed by atoms with Gasteiger partial charge in [-0.05, 0) is 99.7 Å². The fourth-order valence-electron chi connectivity index (χ4n) is 8.62. The molecule has 2 heterocycles. The Labute approximate surface area is 456 Å². The van der Waals surface area contributed by atoms with Gasteiger partial charge in [-0.25, -0.2) is 18.6 Å². The van der Waals surface area contributed by atoms with Gasteiger partial charge in [0, 0.05) is 30.6 Å². The Hall–Kier alpha value is -5.98. The molecule has 0 aliphatic carbocycles. The molecule has 6 rings (SSSR count). The van der Waals surface area contributed by atoms with Crippen LogP contribution in [0.1, 0.15) is 83.0 Å². The minimum absolute atomic E-state index is 0.0623. The molecule has 5 aromatic rings. The number of Topliss-reactive ketones (excluding diaryl/α,β-unsaturated/α-hetero) is 1. The number of carbonyl (C=O) groups excluding carboxylic acids is 3. The van der Waals surface area contributed by atoms with E-state index in [1.807, 2.05) is 117 Å². The highest BCUT2D eigenvalue weighted by Gasteiger charge is 2.51. The maximum Gasteiger partial charge on any atom is 0.407 e. The van der Waals surface area contributed by atoms with E-state index in [4.69, 9.17) is 37.5 Å². The number of carbonyl (C=O) groups is 3. The van der Waals surface area contributed by atoms with Gasteiger partial charge in [-0.1, -0.05) is 111 Å². The monoisotopic (exact) mass is 1100 g/mol. The van der Waals surface area contributed by atoms with E-state index < -0.39 is 55.9 Å². The molecule has 0 bridgehead atoms. The predicted octanol–water partition coefficient (Wildman–Crippen LogP) is 10.4. The standard InChI is InChI=1S/C58H72FN4O12PS/c1-10-33-70-56(67)60-39-57(6,7)54(65)77-35-18-17-34-73-76(63(40(2)3)41(4)5)75-52-50(74-53(51(52)59)62-32-31-45(61-55(62)66)36-46(64)37-71-49-21-15-12-16-22-49)38-72-58(42-19-13-11-14-20-42,43-23-27-47(68-8)28-24-43)44-25-29-48(69-9)30-26-44/h10-16,19-32,40-41,50-53H,1,17-18,33-39H2,2-9H3,(H,60,67). The van der Waals surface area contributed by atoms with Crippen molar-refractivity contribution in [1.29, 1.82) is 0 Å². The molecule has 0 spiro atoms. The summed E-state index contributed by atoms with van der Waals surface area (Å²) in [5.74, 6) is 1.98. The van der Waals surface area contributed by atoms with Gasteiger partial charge in [-0.2, -0.15) is 4.98 Å². The third kappa shape index (κ3) is 16.3. The third-order valence-corrected chi connectivity index (χ3v) is 16.0. The summed E-state index contributed by atoms with van der Waals surface area (Å²) in [5.41, 5.74) is -0.572. The van der Waals surface area contributed by atoms with Crippen LogP contribution in [0.4, 0.5) is 9.18 Å². The number of alkyl halides is 1. The zero-order valence-electron chi connectivity index (χ0n) is 45.1. The molecule has 1 aromatic heterocycles. The molecule has 1 aliphatic heterocycles. The second-order valence-corrected chi connectivity index (χ2v) is 21.9. The fourth-order valence-corrected chi connectivity index (χ4v) is 11.4. The molecule has 1 aliphatic rings. The van der Waals surface area contributed by atoms with Crippen molar-refractivity contribution in [2.45, 2.75) is 103 Å². The van der Waals surface area contributed by atoms with Gasteiger partial charge in [-0.15, -0.1) is 0 Å². The van der Waals surface area contributed by atoms with Crippen LogP contribution >= 0.6 is 20.3 Å². The van der Waals surface area contributed by atoms with E-state index in [-0.39, 0.29) is 68.1 Å². The van der Waals surface area contributed by atoms with Crippen LogP contribution in [0.3, 0.4) is 0 Å². The van der Waals surface area contributed by atoms with Gasteiger partial charge in [0.05, 0.1) is 45.0 Å². The number of unbranched alkanes of at least 4 members (excludes halogenated alkanes) is 1. The number of nitrogens with one attached hydrogen (secondary N) is 1. The lowest BCUT2D eigenvalue weighted by atomic mass is 9.80. The number of halogens is 1. The molecule has 5 unspecified atom stereocenters. The number of hydrogen-bond acceptors (Lipinski definition) is 15. The first-order chi connectivity index (χ1) is 37.0. The molecule has 0 saturated carbocycles. The van der Waals surface area contributed by atoms with Crippen LogP contribution in [0.15, 0.2) is 139 Å². The molecule has 414 valence electrons. The lowest BCUT2D eigenvalue weighted by molar-refractivity contribution is -0.120. The Morgan fingerprint density at radius 2 is 1.45 bits per heavy atom. The van der Waals surface area contributed by atoms with Crippen LogP contribution in [0.2, 0.25) is 0 Å². The van der Waals surface area contributed by atoms with E-state index >= 15 is 4.39 Å². The predicted molar refractivity (Wildman–Crippen MR) is 296 cm³/mol. The minimum Gasteiger partial charge on any atom is -0.497 e. The Morgan fingerprint density at radius 1 is 0.857 bits per heavy atom. The second kappa shape index (κ2) is 29.1. The number of ketones is 1. The zero-order valence-corrected chi connectivity index (χ0v) is 46.8. The van der Waals surface area contributed by atoms with Gasteiger partial charge in [-0.3, -0.25) is 14.2 Å². The molecule has 16 nitrogen and oxygen atoms in total. The van der Waals surface area contributed by atoms with Gasteiger partial charge < -0.3 is 42.8 Å². The summed E-state index contributed by atoms with van der Waals surface area (Å²) in [4.78, 5) is 56.3. The van der Waals surface area contributed by atoms with Crippen molar-refractivity contribution in [3.63, 3.8) is 0 Å². The lowest BCUT2D eigenvalue weighted by Crippen LogP contribution is -2.41. The first-order valence-corrected chi connectivity index (χ1v) is 27.7. The number of aromatic nitrogens is 2. The SMILES string of the molecule is C=CCOC(=O)NCC(C)(C)C(=O)SCCCCOP(OC1C(COC(c2ccccc2)(c2ccc(OC)cc2)c2ccc(OC)cc2)OC(n2ccc(CC(=O)COc3ccccc3)nc2=O)C1F)N(C(C)C)C(C)C. The highest BCUT2D eigenvalue weighted by Crippen LogP contribution is 2.51. The van der Waals surface area contributed by atoms with Gasteiger partial charge in [0.25, 0.3) is 8.53 Å². The van der Waals surface area contributed by atoms with Crippen LogP contribution in [-0.4, -0.2) is 115 Å². The Balaban J connectivity index is 1.29. The quantitative estimate of drug-likeness (QED) is 0.0199. The number of nitrogens with zero attached hydrogens (tertiary/aromatic N) is 3. The first-order valence-electron chi connectivity index (χ1n) is 25.6. The summed E-state index contributed by atoms with van der Waals surface area (Å²) in [7, 11) is 1.18. The summed E-state index contributed by atoms with van der Waals surface area (Å²) >= 11 is 1.18. The normalized spacial score (nSPS) is 17.0. The van der Waals surface area contributed by atoms with Gasteiger partial charge >= 0.3 is 11.8 Å². The van der Waals surface area contributed by atoms with Crippen LogP contribution in [0.25, 0.3) is 0 Å². The molecule has 4 aromatic carbocycles. The van der Waals surface area contributed by atoms with Crippen molar-refractivity contribution in [2.75, 3.05) is 52.9 Å². The van der Waals surface area contributed by atoms with Crippen molar-refractivity contribution in [2.24, 2.45) is 5.41 Å². The number of ether oxygens (including phenoxy) is 6. The van der Waals surface area contributed by atoms with Crippen molar-refractivity contribution in [1.82, 2.24) is 19.5 Å². The molecule has 1 amide bonds. The average molecular weight is 1100 g/mol. The molecule has 19 heteroatoms. The van der Waals surface area contributed by atoms with Crippen LogP contribution in [0.5, 0.6) is 17.2 Å².